The summed E-state index contributed by atoms with van der Waals surface area (Å²) in [6, 6.07) is 5.43. The Kier molecular flexibility index (Phi) is 4.92. The van der Waals surface area contributed by atoms with Gasteiger partial charge in [0.2, 0.25) is 5.91 Å². The topological polar surface area (TPSA) is 67.6 Å². The van der Waals surface area contributed by atoms with Gasteiger partial charge in [0.05, 0.1) is 18.9 Å². The van der Waals surface area contributed by atoms with Crippen LogP contribution in [0.1, 0.15) is 18.4 Å². The highest BCUT2D eigenvalue weighted by Crippen LogP contribution is 2.25. The van der Waals surface area contributed by atoms with E-state index in [4.69, 9.17) is 9.15 Å². The number of furan rings is 1. The standard InChI is InChI=1S/C17H21N3O3/c1-20-8-4-14(5-9-20)23-15-3-2-7-18-17(15)19-16(21)11-13-6-10-22-12-13/h2-3,6-7,10,12,14H,4-5,8-9,11H2,1H3,(H,18,19,21). The SMILES string of the molecule is CN1CCC(Oc2cccnc2NC(=O)Cc2ccoc2)CC1. The second-order valence-electron chi connectivity index (χ2n) is 5.83. The summed E-state index contributed by atoms with van der Waals surface area (Å²) in [5, 5.41) is 2.82. The number of likely N-dealkylation sites (tertiary alicyclic amines) is 1. The summed E-state index contributed by atoms with van der Waals surface area (Å²) >= 11 is 0. The van der Waals surface area contributed by atoms with Crippen LogP contribution in [0.2, 0.25) is 0 Å². The largest absolute Gasteiger partial charge is 0.486 e. The number of pyridine rings is 1. The molecule has 122 valence electrons. The molecule has 2 aromatic heterocycles. The first kappa shape index (κ1) is 15.6. The maximum atomic E-state index is 12.1. The average molecular weight is 315 g/mol. The minimum atomic E-state index is -0.140. The van der Waals surface area contributed by atoms with E-state index in [1.165, 1.54) is 0 Å². The van der Waals surface area contributed by atoms with Crippen molar-refractivity contribution in [3.63, 3.8) is 0 Å². The molecule has 6 heteroatoms. The van der Waals surface area contributed by atoms with Gasteiger partial charge < -0.3 is 19.4 Å². The van der Waals surface area contributed by atoms with Crippen LogP contribution in [0.3, 0.4) is 0 Å². The maximum Gasteiger partial charge on any atom is 0.230 e. The molecule has 3 rings (SSSR count). The summed E-state index contributed by atoms with van der Waals surface area (Å²) in [7, 11) is 2.11. The van der Waals surface area contributed by atoms with Crippen LogP contribution < -0.4 is 10.1 Å². The number of nitrogens with one attached hydrogen (secondary N) is 1. The molecule has 0 radical (unpaired) electrons. The Labute approximate surface area is 135 Å². The molecule has 23 heavy (non-hydrogen) atoms. The number of aromatic nitrogens is 1. The Bertz CT molecular complexity index is 634. The molecule has 1 fully saturated rings. The first-order valence-electron chi connectivity index (χ1n) is 7.82. The van der Waals surface area contributed by atoms with Gasteiger partial charge in [-0.2, -0.15) is 0 Å². The molecule has 1 saturated heterocycles. The van der Waals surface area contributed by atoms with Crippen molar-refractivity contribution in [1.29, 1.82) is 0 Å². The summed E-state index contributed by atoms with van der Waals surface area (Å²) in [5.41, 5.74) is 0.830. The number of anilines is 1. The van der Waals surface area contributed by atoms with Gasteiger partial charge in [0.25, 0.3) is 0 Å². The van der Waals surface area contributed by atoms with Crippen molar-refractivity contribution in [3.8, 4) is 5.75 Å². The Morgan fingerprint density at radius 2 is 2.26 bits per heavy atom. The molecule has 1 aliphatic heterocycles. The molecule has 3 heterocycles. The number of piperidine rings is 1. The zero-order valence-electron chi connectivity index (χ0n) is 13.2. The van der Waals surface area contributed by atoms with Crippen molar-refractivity contribution in [2.45, 2.75) is 25.4 Å². The molecule has 0 aromatic carbocycles. The minimum Gasteiger partial charge on any atom is -0.486 e. The van der Waals surface area contributed by atoms with Crippen LogP contribution in [-0.2, 0) is 11.2 Å². The van der Waals surface area contributed by atoms with Gasteiger partial charge in [-0.25, -0.2) is 4.98 Å². The van der Waals surface area contributed by atoms with Crippen LogP contribution in [0.4, 0.5) is 5.82 Å². The number of rotatable bonds is 5. The van der Waals surface area contributed by atoms with Gasteiger partial charge in [-0.3, -0.25) is 4.79 Å². The number of hydrogen-bond acceptors (Lipinski definition) is 5. The summed E-state index contributed by atoms with van der Waals surface area (Å²) in [5.74, 6) is 0.959. The first-order chi connectivity index (χ1) is 11.2. The zero-order valence-corrected chi connectivity index (χ0v) is 13.2. The minimum absolute atomic E-state index is 0.140. The van der Waals surface area contributed by atoms with Crippen molar-refractivity contribution in [3.05, 3.63) is 42.5 Å². The van der Waals surface area contributed by atoms with Gasteiger partial charge >= 0.3 is 0 Å². The van der Waals surface area contributed by atoms with E-state index < -0.39 is 0 Å². The maximum absolute atomic E-state index is 12.1. The predicted octanol–water partition coefficient (Wildman–Crippen LogP) is 2.33. The van der Waals surface area contributed by atoms with E-state index in [1.54, 1.807) is 24.8 Å². The lowest BCUT2D eigenvalue weighted by Gasteiger charge is -2.29. The second-order valence-corrected chi connectivity index (χ2v) is 5.83. The van der Waals surface area contributed by atoms with E-state index in [2.05, 4.69) is 22.2 Å². The lowest BCUT2D eigenvalue weighted by Crippen LogP contribution is -2.35. The molecule has 6 nitrogen and oxygen atoms in total. The number of carbonyl (C=O) groups is 1. The molecule has 1 aliphatic rings. The third-order valence-corrected chi connectivity index (χ3v) is 3.93. The number of ether oxygens (including phenoxy) is 1. The van der Waals surface area contributed by atoms with Crippen molar-refractivity contribution < 1.29 is 13.9 Å². The summed E-state index contributed by atoms with van der Waals surface area (Å²) in [6.07, 6.45) is 7.14. The lowest BCUT2D eigenvalue weighted by atomic mass is 10.1. The molecule has 0 bridgehead atoms. The van der Waals surface area contributed by atoms with E-state index in [1.807, 2.05) is 12.1 Å². The van der Waals surface area contributed by atoms with Crippen LogP contribution in [0, 0.1) is 0 Å². The van der Waals surface area contributed by atoms with Gasteiger partial charge in [-0.15, -0.1) is 0 Å². The van der Waals surface area contributed by atoms with E-state index in [-0.39, 0.29) is 18.4 Å². The lowest BCUT2D eigenvalue weighted by molar-refractivity contribution is -0.115. The van der Waals surface area contributed by atoms with Crippen LogP contribution in [0.5, 0.6) is 5.75 Å². The van der Waals surface area contributed by atoms with E-state index in [0.717, 1.165) is 31.5 Å². The third-order valence-electron chi connectivity index (χ3n) is 3.93. The van der Waals surface area contributed by atoms with Crippen molar-refractivity contribution in [1.82, 2.24) is 9.88 Å². The highest BCUT2D eigenvalue weighted by molar-refractivity contribution is 5.92. The summed E-state index contributed by atoms with van der Waals surface area (Å²) < 4.78 is 11.0. The number of hydrogen-bond donors (Lipinski definition) is 1. The fourth-order valence-corrected chi connectivity index (χ4v) is 2.62. The van der Waals surface area contributed by atoms with Crippen LogP contribution in [0.25, 0.3) is 0 Å². The molecule has 0 atom stereocenters. The fourth-order valence-electron chi connectivity index (χ4n) is 2.62. The molecular formula is C17H21N3O3. The Balaban J connectivity index is 1.62. The first-order valence-corrected chi connectivity index (χ1v) is 7.82. The van der Waals surface area contributed by atoms with Gasteiger partial charge in [0, 0.05) is 19.3 Å². The van der Waals surface area contributed by atoms with Crippen molar-refractivity contribution in [2.75, 3.05) is 25.5 Å². The molecule has 1 N–H and O–H groups in total. The number of nitrogens with zero attached hydrogens (tertiary/aromatic N) is 2. The average Bonchev–Trinajstić information content (AvgIpc) is 3.04. The van der Waals surface area contributed by atoms with Crippen LogP contribution in [0.15, 0.2) is 41.3 Å². The molecule has 0 saturated carbocycles. The quantitative estimate of drug-likeness (QED) is 0.917. The van der Waals surface area contributed by atoms with Crippen LogP contribution >= 0.6 is 0 Å². The van der Waals surface area contributed by atoms with Crippen molar-refractivity contribution >= 4 is 11.7 Å². The highest BCUT2D eigenvalue weighted by Gasteiger charge is 2.20. The Morgan fingerprint density at radius 1 is 1.43 bits per heavy atom. The van der Waals surface area contributed by atoms with Gasteiger partial charge in [-0.1, -0.05) is 0 Å². The van der Waals surface area contributed by atoms with Gasteiger partial charge in [0.1, 0.15) is 6.10 Å². The normalized spacial score (nSPS) is 16.2. The molecule has 0 spiro atoms. The smallest absolute Gasteiger partial charge is 0.230 e. The molecular weight excluding hydrogens is 294 g/mol. The zero-order chi connectivity index (χ0) is 16.1. The Morgan fingerprint density at radius 3 is 3.00 bits per heavy atom. The molecule has 0 aliphatic carbocycles. The van der Waals surface area contributed by atoms with Gasteiger partial charge in [-0.05, 0) is 43.7 Å². The van der Waals surface area contributed by atoms with E-state index >= 15 is 0 Å². The summed E-state index contributed by atoms with van der Waals surface area (Å²) in [6.45, 7) is 2.04. The highest BCUT2D eigenvalue weighted by atomic mass is 16.5. The van der Waals surface area contributed by atoms with Crippen LogP contribution in [-0.4, -0.2) is 42.0 Å². The summed E-state index contributed by atoms with van der Waals surface area (Å²) in [4.78, 5) is 18.6. The van der Waals surface area contributed by atoms with E-state index in [0.29, 0.717) is 11.6 Å². The number of carbonyl (C=O) groups excluding carboxylic acids is 1. The second kappa shape index (κ2) is 7.28. The van der Waals surface area contributed by atoms with E-state index in [9.17, 15) is 4.79 Å². The Hall–Kier alpha value is -2.34. The third kappa shape index (κ3) is 4.32. The monoisotopic (exact) mass is 315 g/mol. The fraction of sp³-hybridized carbons (Fsp3) is 0.412. The number of amides is 1. The predicted molar refractivity (Wildman–Crippen MR) is 86.4 cm³/mol. The molecule has 0 unspecified atom stereocenters. The van der Waals surface area contributed by atoms with Crippen molar-refractivity contribution in [2.24, 2.45) is 0 Å². The van der Waals surface area contributed by atoms with Gasteiger partial charge in [0.15, 0.2) is 11.6 Å². The molecule has 2 aromatic rings. The molecule has 1 amide bonds.